The molecule has 0 bridgehead atoms. The van der Waals surface area contributed by atoms with Crippen molar-refractivity contribution in [3.8, 4) is 5.75 Å². The number of ether oxygens (including phenoxy) is 1. The second-order valence-electron chi connectivity index (χ2n) is 7.39. The number of aryl methyl sites for hydroxylation is 2. The lowest BCUT2D eigenvalue weighted by Gasteiger charge is -2.07. The molecule has 4 rings (SSSR count). The number of furan rings is 1. The third-order valence-corrected chi connectivity index (χ3v) is 5.00. The van der Waals surface area contributed by atoms with Gasteiger partial charge in [0.1, 0.15) is 18.1 Å². The highest BCUT2D eigenvalue weighted by atomic mass is 79.9. The summed E-state index contributed by atoms with van der Waals surface area (Å²) in [6.07, 6.45) is 3.64. The molecule has 6 nitrogen and oxygen atoms in total. The van der Waals surface area contributed by atoms with Crippen molar-refractivity contribution in [1.29, 1.82) is 0 Å². The molecular weight excluding hydrogens is 458 g/mol. The number of anilines is 1. The molecule has 1 amide bonds. The predicted molar refractivity (Wildman–Crippen MR) is 122 cm³/mol. The average molecular weight is 480 g/mol. The first-order chi connectivity index (χ1) is 14.9. The first-order valence-corrected chi connectivity index (χ1v) is 10.6. The Bertz CT molecular complexity index is 1190. The van der Waals surface area contributed by atoms with Gasteiger partial charge in [-0.2, -0.15) is 5.10 Å². The second-order valence-corrected chi connectivity index (χ2v) is 8.30. The van der Waals surface area contributed by atoms with E-state index in [0.717, 1.165) is 26.9 Å². The molecule has 4 aromatic rings. The fraction of sp³-hybridized carbons (Fsp3) is 0.167. The van der Waals surface area contributed by atoms with Crippen LogP contribution in [-0.4, -0.2) is 15.7 Å². The number of nitrogens with one attached hydrogen (secondary N) is 1. The standard InChI is InChI=1S/C24H22BrN3O3/c1-16-8-17(2)10-22(9-16)30-15-21-6-7-23(31-21)24(29)27-20-5-3-4-18(11-20)13-28-14-19(25)12-26-28/h3-12,14H,13,15H2,1-2H3,(H,27,29). The number of carbonyl (C=O) groups excluding carboxylic acids is 1. The van der Waals surface area contributed by atoms with Crippen LogP contribution in [0, 0.1) is 13.8 Å². The molecule has 158 valence electrons. The van der Waals surface area contributed by atoms with Crippen molar-refractivity contribution in [3.05, 3.63) is 99.7 Å². The maximum atomic E-state index is 12.6. The van der Waals surface area contributed by atoms with Crippen molar-refractivity contribution >= 4 is 27.5 Å². The summed E-state index contributed by atoms with van der Waals surface area (Å²) < 4.78 is 14.2. The monoisotopic (exact) mass is 479 g/mol. The Morgan fingerprint density at radius 3 is 2.68 bits per heavy atom. The minimum absolute atomic E-state index is 0.237. The Morgan fingerprint density at radius 2 is 1.94 bits per heavy atom. The van der Waals surface area contributed by atoms with Gasteiger partial charge < -0.3 is 14.5 Å². The molecule has 0 atom stereocenters. The van der Waals surface area contributed by atoms with E-state index >= 15 is 0 Å². The van der Waals surface area contributed by atoms with Crippen molar-refractivity contribution in [2.24, 2.45) is 0 Å². The van der Waals surface area contributed by atoms with Gasteiger partial charge in [0.25, 0.3) is 5.91 Å². The van der Waals surface area contributed by atoms with Crippen molar-refractivity contribution < 1.29 is 13.9 Å². The van der Waals surface area contributed by atoms with E-state index < -0.39 is 0 Å². The van der Waals surface area contributed by atoms with Crippen LogP contribution in [0.2, 0.25) is 0 Å². The summed E-state index contributed by atoms with van der Waals surface area (Å²) in [7, 11) is 0. The van der Waals surface area contributed by atoms with Gasteiger partial charge >= 0.3 is 0 Å². The first kappa shape index (κ1) is 20.9. The number of halogens is 1. The number of carbonyl (C=O) groups is 1. The van der Waals surface area contributed by atoms with Gasteiger partial charge in [-0.15, -0.1) is 0 Å². The molecule has 2 aromatic carbocycles. The SMILES string of the molecule is Cc1cc(C)cc(OCc2ccc(C(=O)Nc3cccc(Cn4cc(Br)cn4)c3)o2)c1. The Hall–Kier alpha value is -3.32. The molecule has 0 fully saturated rings. The molecule has 0 saturated heterocycles. The number of amides is 1. The molecule has 7 heteroatoms. The molecule has 0 aliphatic carbocycles. The van der Waals surface area contributed by atoms with Crippen LogP contribution >= 0.6 is 15.9 Å². The highest BCUT2D eigenvalue weighted by Crippen LogP contribution is 2.19. The van der Waals surface area contributed by atoms with E-state index in [1.54, 1.807) is 18.3 Å². The summed E-state index contributed by atoms with van der Waals surface area (Å²) in [5.74, 6) is 1.29. The zero-order chi connectivity index (χ0) is 21.8. The van der Waals surface area contributed by atoms with Gasteiger partial charge in [-0.3, -0.25) is 9.48 Å². The molecule has 2 heterocycles. The topological polar surface area (TPSA) is 69.3 Å². The van der Waals surface area contributed by atoms with Crippen LogP contribution in [0.15, 0.2) is 75.9 Å². The summed E-state index contributed by atoms with van der Waals surface area (Å²) >= 11 is 3.39. The highest BCUT2D eigenvalue weighted by molar-refractivity contribution is 9.10. The number of hydrogen-bond donors (Lipinski definition) is 1. The van der Waals surface area contributed by atoms with Crippen LogP contribution < -0.4 is 10.1 Å². The quantitative estimate of drug-likeness (QED) is 0.367. The van der Waals surface area contributed by atoms with Crippen LogP contribution in [-0.2, 0) is 13.2 Å². The minimum Gasteiger partial charge on any atom is -0.486 e. The Kier molecular flexibility index (Phi) is 6.23. The smallest absolute Gasteiger partial charge is 0.291 e. The maximum Gasteiger partial charge on any atom is 0.291 e. The van der Waals surface area contributed by atoms with Gasteiger partial charge in [0, 0.05) is 11.9 Å². The van der Waals surface area contributed by atoms with Gasteiger partial charge in [0.2, 0.25) is 0 Å². The molecule has 0 radical (unpaired) electrons. The molecule has 0 aliphatic rings. The number of aromatic nitrogens is 2. The van der Waals surface area contributed by atoms with Crippen molar-refractivity contribution in [2.45, 2.75) is 27.0 Å². The zero-order valence-electron chi connectivity index (χ0n) is 17.3. The lowest BCUT2D eigenvalue weighted by Crippen LogP contribution is -2.11. The normalized spacial score (nSPS) is 10.8. The molecule has 2 aromatic heterocycles. The summed E-state index contributed by atoms with van der Waals surface area (Å²) in [5.41, 5.74) is 3.99. The fourth-order valence-electron chi connectivity index (χ4n) is 3.30. The molecule has 0 saturated carbocycles. The Balaban J connectivity index is 1.37. The molecular formula is C24H22BrN3O3. The van der Waals surface area contributed by atoms with E-state index in [1.807, 2.05) is 61.1 Å². The van der Waals surface area contributed by atoms with Gasteiger partial charge in [-0.05, 0) is 82.9 Å². The number of rotatable bonds is 7. The molecule has 0 aliphatic heterocycles. The van der Waals surface area contributed by atoms with Gasteiger partial charge in [0.05, 0.1) is 17.2 Å². The number of hydrogen-bond acceptors (Lipinski definition) is 4. The summed E-state index contributed by atoms with van der Waals surface area (Å²) in [5, 5.41) is 7.14. The zero-order valence-corrected chi connectivity index (χ0v) is 18.8. The van der Waals surface area contributed by atoms with Crippen molar-refractivity contribution in [1.82, 2.24) is 9.78 Å². The van der Waals surface area contributed by atoms with E-state index in [0.29, 0.717) is 18.0 Å². The largest absolute Gasteiger partial charge is 0.486 e. The average Bonchev–Trinajstić information content (AvgIpc) is 3.35. The van der Waals surface area contributed by atoms with Crippen LogP contribution in [0.3, 0.4) is 0 Å². The van der Waals surface area contributed by atoms with Crippen molar-refractivity contribution in [3.63, 3.8) is 0 Å². The van der Waals surface area contributed by atoms with Gasteiger partial charge in [0.15, 0.2) is 5.76 Å². The Labute approximate surface area is 189 Å². The predicted octanol–water partition coefficient (Wildman–Crippen LogP) is 5.74. The lowest BCUT2D eigenvalue weighted by atomic mass is 10.1. The van der Waals surface area contributed by atoms with Crippen molar-refractivity contribution in [2.75, 3.05) is 5.32 Å². The van der Waals surface area contributed by atoms with Crippen LogP contribution in [0.25, 0.3) is 0 Å². The fourth-order valence-corrected chi connectivity index (χ4v) is 3.63. The summed E-state index contributed by atoms with van der Waals surface area (Å²) in [6.45, 7) is 4.91. The molecule has 31 heavy (non-hydrogen) atoms. The maximum absolute atomic E-state index is 12.6. The minimum atomic E-state index is -0.309. The lowest BCUT2D eigenvalue weighted by molar-refractivity contribution is 0.0992. The van der Waals surface area contributed by atoms with Crippen LogP contribution in [0.4, 0.5) is 5.69 Å². The van der Waals surface area contributed by atoms with E-state index in [9.17, 15) is 4.79 Å². The van der Waals surface area contributed by atoms with E-state index in [1.165, 1.54) is 0 Å². The number of nitrogens with zero attached hydrogens (tertiary/aromatic N) is 2. The Morgan fingerprint density at radius 1 is 1.13 bits per heavy atom. The molecule has 0 unspecified atom stereocenters. The van der Waals surface area contributed by atoms with Crippen LogP contribution in [0.5, 0.6) is 5.75 Å². The van der Waals surface area contributed by atoms with Crippen LogP contribution in [0.1, 0.15) is 33.0 Å². The first-order valence-electron chi connectivity index (χ1n) is 9.83. The molecule has 0 spiro atoms. The third kappa shape index (κ3) is 5.64. The summed E-state index contributed by atoms with van der Waals surface area (Å²) in [6, 6.07) is 17.1. The summed E-state index contributed by atoms with van der Waals surface area (Å²) in [4.78, 5) is 12.6. The van der Waals surface area contributed by atoms with Gasteiger partial charge in [-0.1, -0.05) is 18.2 Å². The van der Waals surface area contributed by atoms with E-state index in [2.05, 4.69) is 32.4 Å². The third-order valence-electron chi connectivity index (χ3n) is 4.59. The van der Waals surface area contributed by atoms with E-state index in [-0.39, 0.29) is 18.3 Å². The molecule has 1 N–H and O–H groups in total. The highest BCUT2D eigenvalue weighted by Gasteiger charge is 2.12. The second kappa shape index (κ2) is 9.22. The van der Waals surface area contributed by atoms with E-state index in [4.69, 9.17) is 9.15 Å². The number of benzene rings is 2. The van der Waals surface area contributed by atoms with Gasteiger partial charge in [-0.25, -0.2) is 0 Å².